The van der Waals surface area contributed by atoms with Crippen LogP contribution in [0.15, 0.2) is 30.6 Å². The highest BCUT2D eigenvalue weighted by atomic mass is 19.3. The summed E-state index contributed by atoms with van der Waals surface area (Å²) < 4.78 is 46.1. The summed E-state index contributed by atoms with van der Waals surface area (Å²) in [5.74, 6) is -0.219. The first kappa shape index (κ1) is 22.6. The predicted molar refractivity (Wildman–Crippen MR) is 111 cm³/mol. The van der Waals surface area contributed by atoms with Gasteiger partial charge in [-0.3, -0.25) is 4.79 Å². The average molecular weight is 437 g/mol. The van der Waals surface area contributed by atoms with E-state index < -0.39 is 18.8 Å². The highest BCUT2D eigenvalue weighted by Gasteiger charge is 2.29. The van der Waals surface area contributed by atoms with Gasteiger partial charge in [-0.25, -0.2) is 18.7 Å². The summed E-state index contributed by atoms with van der Waals surface area (Å²) in [5.41, 5.74) is 0.958. The SMILES string of the molecule is CC(=O)N[C@@H](C)c1ccc(O[C@@H]2CCN(c3ncnc(N(C)CC(F)F)c3F)C2)cc1. The van der Waals surface area contributed by atoms with Crippen LogP contribution in [0.4, 0.5) is 24.8 Å². The van der Waals surface area contributed by atoms with Gasteiger partial charge in [0.05, 0.1) is 19.1 Å². The number of alkyl halides is 2. The Labute approximate surface area is 179 Å². The molecule has 1 aromatic carbocycles. The summed E-state index contributed by atoms with van der Waals surface area (Å²) in [6.45, 7) is 3.69. The van der Waals surface area contributed by atoms with Crippen LogP contribution in [0.1, 0.15) is 31.9 Å². The van der Waals surface area contributed by atoms with Gasteiger partial charge in [-0.2, -0.15) is 4.39 Å². The van der Waals surface area contributed by atoms with Crippen molar-refractivity contribution in [1.82, 2.24) is 15.3 Å². The Kier molecular flexibility index (Phi) is 7.19. The first-order valence-corrected chi connectivity index (χ1v) is 10.0. The molecule has 0 saturated carbocycles. The number of hydrogen-bond donors (Lipinski definition) is 1. The first-order valence-electron chi connectivity index (χ1n) is 10.0. The zero-order valence-electron chi connectivity index (χ0n) is 17.7. The van der Waals surface area contributed by atoms with E-state index in [9.17, 15) is 18.0 Å². The molecule has 3 rings (SSSR count). The van der Waals surface area contributed by atoms with Crippen LogP contribution >= 0.6 is 0 Å². The molecular weight excluding hydrogens is 411 g/mol. The molecule has 1 saturated heterocycles. The second-order valence-corrected chi connectivity index (χ2v) is 7.57. The molecule has 2 heterocycles. The zero-order chi connectivity index (χ0) is 22.5. The number of halogens is 3. The van der Waals surface area contributed by atoms with Crippen LogP contribution in [0.2, 0.25) is 0 Å². The van der Waals surface area contributed by atoms with Gasteiger partial charge < -0.3 is 19.9 Å². The molecule has 2 aromatic rings. The van der Waals surface area contributed by atoms with Crippen molar-refractivity contribution in [3.05, 3.63) is 42.0 Å². The van der Waals surface area contributed by atoms with Crippen molar-refractivity contribution in [1.29, 1.82) is 0 Å². The fourth-order valence-electron chi connectivity index (χ4n) is 3.56. The van der Waals surface area contributed by atoms with Crippen LogP contribution in [0.3, 0.4) is 0 Å². The number of anilines is 2. The lowest BCUT2D eigenvalue weighted by Gasteiger charge is -2.22. The molecule has 0 spiro atoms. The molecule has 1 aliphatic rings. The largest absolute Gasteiger partial charge is 0.489 e. The molecule has 168 valence electrons. The molecule has 1 N–H and O–H groups in total. The van der Waals surface area contributed by atoms with Gasteiger partial charge >= 0.3 is 0 Å². The second-order valence-electron chi connectivity index (χ2n) is 7.57. The Morgan fingerprint density at radius 3 is 2.68 bits per heavy atom. The number of nitrogens with one attached hydrogen (secondary N) is 1. The Balaban J connectivity index is 1.62. The predicted octanol–water partition coefficient (Wildman–Crippen LogP) is 3.17. The lowest BCUT2D eigenvalue weighted by atomic mass is 10.1. The maximum atomic E-state index is 14.9. The Morgan fingerprint density at radius 2 is 2.03 bits per heavy atom. The first-order chi connectivity index (χ1) is 14.7. The minimum absolute atomic E-state index is 0.0803. The number of nitrogens with zero attached hydrogens (tertiary/aromatic N) is 4. The lowest BCUT2D eigenvalue weighted by Crippen LogP contribution is -2.29. The molecule has 31 heavy (non-hydrogen) atoms. The molecule has 0 radical (unpaired) electrons. The van der Waals surface area contributed by atoms with E-state index in [-0.39, 0.29) is 29.7 Å². The molecule has 2 atom stereocenters. The number of benzene rings is 1. The topological polar surface area (TPSA) is 70.6 Å². The number of ether oxygens (including phenoxy) is 1. The third kappa shape index (κ3) is 5.77. The van der Waals surface area contributed by atoms with E-state index in [1.807, 2.05) is 31.2 Å². The normalized spacial score (nSPS) is 17.0. The fraction of sp³-hybridized carbons (Fsp3) is 0.476. The highest BCUT2D eigenvalue weighted by Crippen LogP contribution is 2.28. The van der Waals surface area contributed by atoms with Gasteiger partial charge in [0.25, 0.3) is 6.43 Å². The van der Waals surface area contributed by atoms with E-state index in [0.29, 0.717) is 25.3 Å². The van der Waals surface area contributed by atoms with Crippen molar-refractivity contribution >= 4 is 17.5 Å². The number of amides is 1. The van der Waals surface area contributed by atoms with Crippen molar-refractivity contribution in [2.24, 2.45) is 0 Å². The van der Waals surface area contributed by atoms with Crippen LogP contribution in [0.5, 0.6) is 5.75 Å². The summed E-state index contributed by atoms with van der Waals surface area (Å²) in [6, 6.07) is 7.33. The molecule has 0 bridgehead atoms. The van der Waals surface area contributed by atoms with E-state index in [0.717, 1.165) is 10.5 Å². The minimum Gasteiger partial charge on any atom is -0.489 e. The van der Waals surface area contributed by atoms with E-state index >= 15 is 0 Å². The summed E-state index contributed by atoms with van der Waals surface area (Å²) in [5, 5.41) is 2.82. The average Bonchev–Trinajstić information content (AvgIpc) is 3.15. The summed E-state index contributed by atoms with van der Waals surface area (Å²) in [4.78, 5) is 21.8. The summed E-state index contributed by atoms with van der Waals surface area (Å²) >= 11 is 0. The van der Waals surface area contributed by atoms with Crippen LogP contribution in [0.25, 0.3) is 0 Å². The third-order valence-electron chi connectivity index (χ3n) is 5.07. The van der Waals surface area contributed by atoms with Crippen LogP contribution in [-0.2, 0) is 4.79 Å². The molecule has 1 amide bonds. The van der Waals surface area contributed by atoms with Crippen molar-refractivity contribution in [2.45, 2.75) is 38.8 Å². The van der Waals surface area contributed by atoms with E-state index in [1.165, 1.54) is 20.3 Å². The maximum absolute atomic E-state index is 14.9. The third-order valence-corrected chi connectivity index (χ3v) is 5.07. The van der Waals surface area contributed by atoms with Gasteiger partial charge in [-0.1, -0.05) is 12.1 Å². The molecular formula is C21H26F3N5O2. The Hall–Kier alpha value is -3.04. The van der Waals surface area contributed by atoms with E-state index in [1.54, 1.807) is 4.90 Å². The number of rotatable bonds is 8. The van der Waals surface area contributed by atoms with E-state index in [4.69, 9.17) is 4.74 Å². The van der Waals surface area contributed by atoms with Crippen LogP contribution < -0.4 is 19.9 Å². The standard InChI is InChI=1S/C21H26F3N5O2/c1-13(27-14(2)30)15-4-6-16(7-5-15)31-17-8-9-29(10-17)21-19(24)20(25-12-26-21)28(3)11-18(22)23/h4-7,12-13,17-18H,8-11H2,1-3H3,(H,27,30)/t13-,17+/m0/s1. The zero-order valence-corrected chi connectivity index (χ0v) is 17.7. The highest BCUT2D eigenvalue weighted by molar-refractivity contribution is 5.73. The minimum atomic E-state index is -2.60. The van der Waals surface area contributed by atoms with Gasteiger partial charge in [0.1, 0.15) is 18.2 Å². The summed E-state index contributed by atoms with van der Waals surface area (Å²) in [7, 11) is 1.37. The van der Waals surface area contributed by atoms with Gasteiger partial charge in [0.2, 0.25) is 11.7 Å². The molecule has 1 fully saturated rings. The van der Waals surface area contributed by atoms with Gasteiger partial charge in [-0.05, 0) is 24.6 Å². The monoisotopic (exact) mass is 437 g/mol. The number of carbonyl (C=O) groups is 1. The van der Waals surface area contributed by atoms with Gasteiger partial charge in [-0.15, -0.1) is 0 Å². The quantitative estimate of drug-likeness (QED) is 0.684. The molecule has 0 unspecified atom stereocenters. The van der Waals surface area contributed by atoms with Crippen molar-refractivity contribution in [2.75, 3.05) is 36.5 Å². The fourth-order valence-corrected chi connectivity index (χ4v) is 3.56. The molecule has 1 aliphatic heterocycles. The number of hydrogen-bond acceptors (Lipinski definition) is 6. The molecule has 0 aliphatic carbocycles. The van der Waals surface area contributed by atoms with Crippen molar-refractivity contribution in [3.8, 4) is 5.75 Å². The van der Waals surface area contributed by atoms with Crippen LogP contribution in [-0.4, -0.2) is 55.1 Å². The van der Waals surface area contributed by atoms with E-state index in [2.05, 4.69) is 15.3 Å². The van der Waals surface area contributed by atoms with Crippen molar-refractivity contribution in [3.63, 3.8) is 0 Å². The number of aromatic nitrogens is 2. The van der Waals surface area contributed by atoms with Gasteiger partial charge in [0.15, 0.2) is 11.6 Å². The number of carbonyl (C=O) groups excluding carboxylic acids is 1. The van der Waals surface area contributed by atoms with Gasteiger partial charge in [0, 0.05) is 26.9 Å². The molecule has 1 aromatic heterocycles. The Morgan fingerprint density at radius 1 is 1.32 bits per heavy atom. The Bertz CT molecular complexity index is 897. The maximum Gasteiger partial charge on any atom is 0.255 e. The molecule has 10 heteroatoms. The van der Waals surface area contributed by atoms with Crippen LogP contribution in [0, 0.1) is 5.82 Å². The molecule has 7 nitrogen and oxygen atoms in total. The summed E-state index contributed by atoms with van der Waals surface area (Å²) in [6.07, 6.45) is -0.926. The smallest absolute Gasteiger partial charge is 0.255 e. The van der Waals surface area contributed by atoms with Crippen molar-refractivity contribution < 1.29 is 22.7 Å². The lowest BCUT2D eigenvalue weighted by molar-refractivity contribution is -0.119. The second kappa shape index (κ2) is 9.84.